The Balaban J connectivity index is 1.97. The van der Waals surface area contributed by atoms with Crippen LogP contribution in [0.4, 0.5) is 0 Å². The number of benzene rings is 1. The number of sulfone groups is 1. The SMILES string of the molecule is COc1ccc(OC)c(CNC2CCS(=O)(=O)CC2)c1. The molecule has 1 aromatic carbocycles. The lowest BCUT2D eigenvalue weighted by molar-refractivity contribution is 0.392. The highest BCUT2D eigenvalue weighted by atomic mass is 32.2. The van der Waals surface area contributed by atoms with Gasteiger partial charge in [0.05, 0.1) is 25.7 Å². The second kappa shape index (κ2) is 6.45. The quantitative estimate of drug-likeness (QED) is 0.889. The summed E-state index contributed by atoms with van der Waals surface area (Å²) in [4.78, 5) is 0. The Hall–Kier alpha value is -1.27. The fourth-order valence-electron chi connectivity index (χ4n) is 2.37. The monoisotopic (exact) mass is 299 g/mol. The van der Waals surface area contributed by atoms with E-state index in [0.29, 0.717) is 19.4 Å². The largest absolute Gasteiger partial charge is 0.497 e. The van der Waals surface area contributed by atoms with Gasteiger partial charge in [0, 0.05) is 18.2 Å². The van der Waals surface area contributed by atoms with E-state index >= 15 is 0 Å². The van der Waals surface area contributed by atoms with Crippen LogP contribution in [-0.2, 0) is 16.4 Å². The fourth-order valence-corrected chi connectivity index (χ4v) is 3.86. The molecule has 0 spiro atoms. The molecule has 1 aliphatic heterocycles. The third-order valence-electron chi connectivity index (χ3n) is 3.62. The van der Waals surface area contributed by atoms with Gasteiger partial charge in [-0.15, -0.1) is 0 Å². The average Bonchev–Trinajstić information content (AvgIpc) is 2.45. The second-order valence-electron chi connectivity index (χ2n) is 4.98. The molecule has 1 aromatic rings. The lowest BCUT2D eigenvalue weighted by atomic mass is 10.1. The minimum Gasteiger partial charge on any atom is -0.497 e. The molecule has 1 saturated heterocycles. The van der Waals surface area contributed by atoms with Gasteiger partial charge in [0.2, 0.25) is 0 Å². The summed E-state index contributed by atoms with van der Waals surface area (Å²) < 4.78 is 33.3. The predicted octanol–water partition coefficient (Wildman–Crippen LogP) is 1.37. The molecule has 0 radical (unpaired) electrons. The second-order valence-corrected chi connectivity index (χ2v) is 7.29. The Morgan fingerprint density at radius 2 is 1.90 bits per heavy atom. The summed E-state index contributed by atoms with van der Waals surface area (Å²) in [6, 6.07) is 5.91. The molecule has 1 heterocycles. The van der Waals surface area contributed by atoms with Crippen molar-refractivity contribution in [3.63, 3.8) is 0 Å². The number of rotatable bonds is 5. The van der Waals surface area contributed by atoms with Gasteiger partial charge in [0.25, 0.3) is 0 Å². The Labute approximate surface area is 120 Å². The van der Waals surface area contributed by atoms with E-state index < -0.39 is 9.84 Å². The van der Waals surface area contributed by atoms with Crippen molar-refractivity contribution in [1.82, 2.24) is 5.32 Å². The first kappa shape index (κ1) is 15.1. The lowest BCUT2D eigenvalue weighted by Gasteiger charge is -2.23. The first-order valence-electron chi connectivity index (χ1n) is 6.69. The van der Waals surface area contributed by atoms with Crippen molar-refractivity contribution in [2.45, 2.75) is 25.4 Å². The normalized spacial score (nSPS) is 18.7. The molecule has 1 aliphatic rings. The molecule has 0 saturated carbocycles. The molecule has 1 N–H and O–H groups in total. The van der Waals surface area contributed by atoms with Crippen LogP contribution < -0.4 is 14.8 Å². The molecule has 0 aromatic heterocycles. The van der Waals surface area contributed by atoms with E-state index in [4.69, 9.17) is 9.47 Å². The van der Waals surface area contributed by atoms with E-state index in [1.54, 1.807) is 14.2 Å². The van der Waals surface area contributed by atoms with E-state index in [-0.39, 0.29) is 17.5 Å². The molecule has 0 bridgehead atoms. The van der Waals surface area contributed by atoms with Gasteiger partial charge in [0.15, 0.2) is 0 Å². The Morgan fingerprint density at radius 3 is 2.50 bits per heavy atom. The van der Waals surface area contributed by atoms with Crippen LogP contribution >= 0.6 is 0 Å². The predicted molar refractivity (Wildman–Crippen MR) is 78.1 cm³/mol. The highest BCUT2D eigenvalue weighted by Gasteiger charge is 2.23. The van der Waals surface area contributed by atoms with Crippen molar-refractivity contribution in [2.24, 2.45) is 0 Å². The summed E-state index contributed by atoms with van der Waals surface area (Å²) in [5.41, 5.74) is 1.01. The van der Waals surface area contributed by atoms with E-state index in [1.165, 1.54) is 0 Å². The summed E-state index contributed by atoms with van der Waals surface area (Å²) in [5.74, 6) is 2.15. The summed E-state index contributed by atoms with van der Waals surface area (Å²) >= 11 is 0. The van der Waals surface area contributed by atoms with Crippen LogP contribution in [0.15, 0.2) is 18.2 Å². The molecule has 5 nitrogen and oxygen atoms in total. The van der Waals surface area contributed by atoms with Crippen molar-refractivity contribution < 1.29 is 17.9 Å². The summed E-state index contributed by atoms with van der Waals surface area (Å²) in [5, 5.41) is 3.40. The van der Waals surface area contributed by atoms with Gasteiger partial charge in [0.1, 0.15) is 21.3 Å². The Kier molecular flexibility index (Phi) is 4.88. The molecule has 0 aliphatic carbocycles. The van der Waals surface area contributed by atoms with Gasteiger partial charge in [-0.1, -0.05) is 0 Å². The van der Waals surface area contributed by atoms with Crippen LogP contribution in [0.5, 0.6) is 11.5 Å². The van der Waals surface area contributed by atoms with Gasteiger partial charge in [-0.3, -0.25) is 0 Å². The molecule has 0 amide bonds. The first-order valence-corrected chi connectivity index (χ1v) is 8.51. The molecule has 112 valence electrons. The van der Waals surface area contributed by atoms with Gasteiger partial charge < -0.3 is 14.8 Å². The van der Waals surface area contributed by atoms with E-state index in [0.717, 1.165) is 17.1 Å². The molecular formula is C14H21NO4S. The molecule has 2 rings (SSSR count). The van der Waals surface area contributed by atoms with Gasteiger partial charge in [-0.2, -0.15) is 0 Å². The van der Waals surface area contributed by atoms with Crippen LogP contribution in [0.3, 0.4) is 0 Å². The standard InChI is InChI=1S/C14H21NO4S/c1-18-13-3-4-14(19-2)11(9-13)10-15-12-5-7-20(16,17)8-6-12/h3-4,9,12,15H,5-8,10H2,1-2H3. The highest BCUT2D eigenvalue weighted by Crippen LogP contribution is 2.24. The van der Waals surface area contributed by atoms with Crippen molar-refractivity contribution >= 4 is 9.84 Å². The minimum absolute atomic E-state index is 0.245. The van der Waals surface area contributed by atoms with Crippen molar-refractivity contribution in [1.29, 1.82) is 0 Å². The summed E-state index contributed by atoms with van der Waals surface area (Å²) in [7, 11) is 0.461. The maximum Gasteiger partial charge on any atom is 0.150 e. The third-order valence-corrected chi connectivity index (χ3v) is 5.34. The smallest absolute Gasteiger partial charge is 0.150 e. The summed E-state index contributed by atoms with van der Waals surface area (Å²) in [6.07, 6.45) is 1.35. The zero-order valence-electron chi connectivity index (χ0n) is 11.9. The van der Waals surface area contributed by atoms with Gasteiger partial charge in [-0.25, -0.2) is 8.42 Å². The first-order chi connectivity index (χ1) is 9.54. The van der Waals surface area contributed by atoms with Crippen LogP contribution in [0.2, 0.25) is 0 Å². The van der Waals surface area contributed by atoms with Crippen LogP contribution in [0, 0.1) is 0 Å². The van der Waals surface area contributed by atoms with Crippen molar-refractivity contribution in [3.05, 3.63) is 23.8 Å². The Morgan fingerprint density at radius 1 is 1.20 bits per heavy atom. The van der Waals surface area contributed by atoms with Crippen molar-refractivity contribution in [2.75, 3.05) is 25.7 Å². The minimum atomic E-state index is -2.81. The summed E-state index contributed by atoms with van der Waals surface area (Å²) in [6.45, 7) is 0.644. The van der Waals surface area contributed by atoms with Crippen LogP contribution in [0.25, 0.3) is 0 Å². The van der Waals surface area contributed by atoms with Crippen LogP contribution in [0.1, 0.15) is 18.4 Å². The number of methoxy groups -OCH3 is 2. The molecule has 6 heteroatoms. The van der Waals surface area contributed by atoms with Crippen molar-refractivity contribution in [3.8, 4) is 11.5 Å². The fraction of sp³-hybridized carbons (Fsp3) is 0.571. The topological polar surface area (TPSA) is 64.6 Å². The third kappa shape index (κ3) is 3.86. The molecule has 0 atom stereocenters. The number of hydrogen-bond acceptors (Lipinski definition) is 5. The van der Waals surface area contributed by atoms with E-state index in [1.807, 2.05) is 18.2 Å². The number of nitrogens with one attached hydrogen (secondary N) is 1. The maximum absolute atomic E-state index is 11.4. The molecular weight excluding hydrogens is 278 g/mol. The number of ether oxygens (including phenoxy) is 2. The van der Waals surface area contributed by atoms with E-state index in [9.17, 15) is 8.42 Å². The molecule has 0 unspecified atom stereocenters. The van der Waals surface area contributed by atoms with Gasteiger partial charge >= 0.3 is 0 Å². The zero-order chi connectivity index (χ0) is 14.6. The zero-order valence-corrected chi connectivity index (χ0v) is 12.7. The molecule has 20 heavy (non-hydrogen) atoms. The maximum atomic E-state index is 11.4. The lowest BCUT2D eigenvalue weighted by Crippen LogP contribution is -2.37. The Bertz CT molecular complexity index is 542. The number of hydrogen-bond donors (Lipinski definition) is 1. The van der Waals surface area contributed by atoms with E-state index in [2.05, 4.69) is 5.32 Å². The average molecular weight is 299 g/mol. The van der Waals surface area contributed by atoms with Gasteiger partial charge in [-0.05, 0) is 31.0 Å². The van der Waals surface area contributed by atoms with Crippen LogP contribution in [-0.4, -0.2) is 40.2 Å². The highest BCUT2D eigenvalue weighted by molar-refractivity contribution is 7.91. The molecule has 1 fully saturated rings.